The van der Waals surface area contributed by atoms with Gasteiger partial charge in [0.1, 0.15) is 5.82 Å². The molecule has 0 spiro atoms. The van der Waals surface area contributed by atoms with Crippen LogP contribution in [-0.2, 0) is 0 Å². The first kappa shape index (κ1) is 17.1. The Morgan fingerprint density at radius 3 is 2.04 bits per heavy atom. The van der Waals surface area contributed by atoms with Crippen molar-refractivity contribution < 1.29 is 17.9 Å². The van der Waals surface area contributed by atoms with Gasteiger partial charge in [-0.25, -0.2) is 8.78 Å². The van der Waals surface area contributed by atoms with Crippen molar-refractivity contribution in [2.24, 2.45) is 0 Å². The molecule has 0 heterocycles. The number of aryl methyl sites for hydroxylation is 1. The highest BCUT2D eigenvalue weighted by Crippen LogP contribution is 2.33. The Morgan fingerprint density at radius 2 is 1.40 bits per heavy atom. The first-order chi connectivity index (χ1) is 12.0. The van der Waals surface area contributed by atoms with Crippen LogP contribution in [-0.4, -0.2) is 6.61 Å². The molecule has 0 aliphatic rings. The molecule has 0 atom stereocenters. The molecule has 0 aliphatic heterocycles. The molecule has 0 unspecified atom stereocenters. The van der Waals surface area contributed by atoms with Gasteiger partial charge in [0.2, 0.25) is 5.82 Å². The smallest absolute Gasteiger partial charge is 0.201 e. The molecule has 25 heavy (non-hydrogen) atoms. The van der Waals surface area contributed by atoms with Crippen molar-refractivity contribution in [2.45, 2.75) is 13.8 Å². The van der Waals surface area contributed by atoms with Crippen LogP contribution >= 0.6 is 0 Å². The summed E-state index contributed by atoms with van der Waals surface area (Å²) in [6.45, 7) is 3.86. The second-order valence-electron chi connectivity index (χ2n) is 5.73. The largest absolute Gasteiger partial charge is 0.491 e. The van der Waals surface area contributed by atoms with Gasteiger partial charge in [-0.15, -0.1) is 0 Å². The first-order valence-electron chi connectivity index (χ1n) is 7.99. The molecule has 3 aromatic carbocycles. The maximum atomic E-state index is 14.5. The van der Waals surface area contributed by atoms with Gasteiger partial charge < -0.3 is 4.74 Å². The SMILES string of the molecule is CCOc1ccc(-c2ccc(-c3ccc(C)cc3)cc2F)c(F)c1F. The molecular weight excluding hydrogens is 325 g/mol. The van der Waals surface area contributed by atoms with Crippen LogP contribution in [0.2, 0.25) is 0 Å². The van der Waals surface area contributed by atoms with Gasteiger partial charge in [-0.2, -0.15) is 4.39 Å². The summed E-state index contributed by atoms with van der Waals surface area (Å²) in [7, 11) is 0. The second kappa shape index (κ2) is 7.01. The zero-order valence-corrected chi connectivity index (χ0v) is 13.9. The zero-order chi connectivity index (χ0) is 18.0. The molecule has 0 N–H and O–H groups in total. The third-order valence-electron chi connectivity index (χ3n) is 3.99. The first-order valence-corrected chi connectivity index (χ1v) is 7.99. The second-order valence-corrected chi connectivity index (χ2v) is 5.73. The number of halogens is 3. The van der Waals surface area contributed by atoms with Crippen molar-refractivity contribution in [1.82, 2.24) is 0 Å². The third kappa shape index (κ3) is 3.38. The summed E-state index contributed by atoms with van der Waals surface area (Å²) in [5.41, 5.74) is 2.51. The third-order valence-corrected chi connectivity index (χ3v) is 3.99. The van der Waals surface area contributed by atoms with Gasteiger partial charge in [0.15, 0.2) is 11.6 Å². The predicted octanol–water partition coefficient (Wildman–Crippen LogP) is 6.15. The van der Waals surface area contributed by atoms with Crippen molar-refractivity contribution in [3.63, 3.8) is 0 Å². The number of hydrogen-bond donors (Lipinski definition) is 0. The van der Waals surface area contributed by atoms with Crippen LogP contribution in [0.1, 0.15) is 12.5 Å². The van der Waals surface area contributed by atoms with E-state index in [2.05, 4.69) is 0 Å². The quantitative estimate of drug-likeness (QED) is 0.553. The Bertz CT molecular complexity index is 902. The average molecular weight is 342 g/mol. The lowest BCUT2D eigenvalue weighted by molar-refractivity contribution is 0.314. The van der Waals surface area contributed by atoms with E-state index in [1.807, 2.05) is 31.2 Å². The Morgan fingerprint density at radius 1 is 0.760 bits per heavy atom. The van der Waals surface area contributed by atoms with Crippen LogP contribution < -0.4 is 4.74 Å². The van der Waals surface area contributed by atoms with Crippen molar-refractivity contribution in [3.05, 3.63) is 77.6 Å². The molecule has 0 amide bonds. The van der Waals surface area contributed by atoms with Crippen LogP contribution in [0.25, 0.3) is 22.3 Å². The molecule has 3 rings (SSSR count). The molecule has 0 aromatic heterocycles. The molecular formula is C21H17F3O. The van der Waals surface area contributed by atoms with Gasteiger partial charge in [-0.1, -0.05) is 42.0 Å². The lowest BCUT2D eigenvalue weighted by atomic mass is 9.98. The Kier molecular flexibility index (Phi) is 4.79. The highest BCUT2D eigenvalue weighted by Gasteiger charge is 2.18. The maximum absolute atomic E-state index is 14.5. The predicted molar refractivity (Wildman–Crippen MR) is 93.1 cm³/mol. The fourth-order valence-corrected chi connectivity index (χ4v) is 2.67. The lowest BCUT2D eigenvalue weighted by Gasteiger charge is -2.11. The molecule has 4 heteroatoms. The van der Waals surface area contributed by atoms with E-state index < -0.39 is 17.5 Å². The fraction of sp³-hybridized carbons (Fsp3) is 0.143. The summed E-state index contributed by atoms with van der Waals surface area (Å²) in [6, 6.07) is 14.8. The van der Waals surface area contributed by atoms with Gasteiger partial charge in [0, 0.05) is 11.1 Å². The van der Waals surface area contributed by atoms with E-state index in [1.54, 1.807) is 13.0 Å². The molecule has 128 valence electrons. The highest BCUT2D eigenvalue weighted by molar-refractivity contribution is 5.72. The van der Waals surface area contributed by atoms with E-state index in [-0.39, 0.29) is 23.5 Å². The van der Waals surface area contributed by atoms with Crippen molar-refractivity contribution in [1.29, 1.82) is 0 Å². The summed E-state index contributed by atoms with van der Waals surface area (Å²) < 4.78 is 47.9. The number of hydrogen-bond acceptors (Lipinski definition) is 1. The minimum absolute atomic E-state index is 0.00955. The number of ether oxygens (including phenoxy) is 1. The van der Waals surface area contributed by atoms with Gasteiger partial charge in [-0.05, 0) is 43.2 Å². The van der Waals surface area contributed by atoms with Crippen LogP contribution in [0.4, 0.5) is 13.2 Å². The van der Waals surface area contributed by atoms with E-state index in [0.29, 0.717) is 5.56 Å². The molecule has 0 fully saturated rings. The van der Waals surface area contributed by atoms with E-state index in [1.165, 1.54) is 24.3 Å². The lowest BCUT2D eigenvalue weighted by Crippen LogP contribution is -1.99. The molecule has 0 radical (unpaired) electrons. The van der Waals surface area contributed by atoms with E-state index in [0.717, 1.165) is 11.1 Å². The van der Waals surface area contributed by atoms with E-state index in [4.69, 9.17) is 4.74 Å². The Hall–Kier alpha value is -2.75. The minimum atomic E-state index is -1.12. The van der Waals surface area contributed by atoms with Crippen LogP contribution in [0.3, 0.4) is 0 Å². The highest BCUT2D eigenvalue weighted by atomic mass is 19.2. The van der Waals surface area contributed by atoms with Crippen molar-refractivity contribution >= 4 is 0 Å². The van der Waals surface area contributed by atoms with Gasteiger partial charge in [-0.3, -0.25) is 0 Å². The summed E-state index contributed by atoms with van der Waals surface area (Å²) in [6.07, 6.45) is 0. The fourth-order valence-electron chi connectivity index (χ4n) is 2.67. The maximum Gasteiger partial charge on any atom is 0.201 e. The van der Waals surface area contributed by atoms with Gasteiger partial charge >= 0.3 is 0 Å². The normalized spacial score (nSPS) is 10.8. The molecule has 0 aliphatic carbocycles. The zero-order valence-electron chi connectivity index (χ0n) is 13.9. The van der Waals surface area contributed by atoms with Gasteiger partial charge in [0.05, 0.1) is 6.61 Å². The summed E-state index contributed by atoms with van der Waals surface area (Å²) in [5, 5.41) is 0. The minimum Gasteiger partial charge on any atom is -0.491 e. The Balaban J connectivity index is 2.02. The summed E-state index contributed by atoms with van der Waals surface area (Å²) >= 11 is 0. The van der Waals surface area contributed by atoms with E-state index in [9.17, 15) is 13.2 Å². The van der Waals surface area contributed by atoms with Crippen LogP contribution in [0, 0.1) is 24.4 Å². The summed E-state index contributed by atoms with van der Waals surface area (Å²) in [5.74, 6) is -3.02. The molecule has 0 bridgehead atoms. The molecule has 3 aromatic rings. The number of benzene rings is 3. The molecule has 1 nitrogen and oxygen atoms in total. The van der Waals surface area contributed by atoms with E-state index >= 15 is 0 Å². The van der Waals surface area contributed by atoms with Crippen LogP contribution in [0.5, 0.6) is 5.75 Å². The summed E-state index contributed by atoms with van der Waals surface area (Å²) in [4.78, 5) is 0. The Labute approximate surface area is 144 Å². The molecule has 0 saturated carbocycles. The van der Waals surface area contributed by atoms with Crippen LogP contribution in [0.15, 0.2) is 54.6 Å². The monoisotopic (exact) mass is 342 g/mol. The van der Waals surface area contributed by atoms with Crippen molar-refractivity contribution in [2.75, 3.05) is 6.61 Å². The van der Waals surface area contributed by atoms with Gasteiger partial charge in [0.25, 0.3) is 0 Å². The number of rotatable bonds is 4. The van der Waals surface area contributed by atoms with Crippen molar-refractivity contribution in [3.8, 4) is 28.0 Å². The average Bonchev–Trinajstić information content (AvgIpc) is 2.60. The molecule has 0 saturated heterocycles. The topological polar surface area (TPSA) is 9.23 Å². The standard InChI is InChI=1S/C21H17F3O/c1-3-25-19-11-10-17(20(23)21(19)24)16-9-8-15(12-18(16)22)14-6-4-13(2)5-7-14/h4-12H,3H2,1-2H3.